The van der Waals surface area contributed by atoms with E-state index in [4.69, 9.17) is 0 Å². The first kappa shape index (κ1) is 13.7. The Morgan fingerprint density at radius 3 is 2.68 bits per heavy atom. The zero-order chi connectivity index (χ0) is 13.8. The number of halogens is 1. The monoisotopic (exact) mass is 262 g/mol. The van der Waals surface area contributed by atoms with Gasteiger partial charge in [0.05, 0.1) is 6.54 Å². The number of aromatic nitrogens is 3. The summed E-state index contributed by atoms with van der Waals surface area (Å²) in [4.78, 5) is 0. The van der Waals surface area contributed by atoms with E-state index in [1.807, 2.05) is 31.5 Å². The molecule has 0 aliphatic carbocycles. The molecule has 0 atom stereocenters. The molecule has 1 heterocycles. The Balaban J connectivity index is 1.82. The van der Waals surface area contributed by atoms with E-state index in [0.717, 1.165) is 30.2 Å². The van der Waals surface area contributed by atoms with Gasteiger partial charge in [-0.15, -0.1) is 10.2 Å². The van der Waals surface area contributed by atoms with Gasteiger partial charge >= 0.3 is 0 Å². The SMILES string of the molecule is Cc1cc(F)ccc1CCNCc1nnc(C)n1C. The molecule has 1 aromatic carbocycles. The maximum atomic E-state index is 13.0. The molecule has 0 unspecified atom stereocenters. The van der Waals surface area contributed by atoms with E-state index < -0.39 is 0 Å². The number of benzene rings is 1. The van der Waals surface area contributed by atoms with E-state index in [0.29, 0.717) is 6.54 Å². The van der Waals surface area contributed by atoms with Gasteiger partial charge in [-0.05, 0) is 50.1 Å². The minimum absolute atomic E-state index is 0.177. The quantitative estimate of drug-likeness (QED) is 0.837. The molecule has 0 saturated heterocycles. The van der Waals surface area contributed by atoms with E-state index >= 15 is 0 Å². The van der Waals surface area contributed by atoms with Gasteiger partial charge in [-0.1, -0.05) is 6.07 Å². The molecule has 0 saturated carbocycles. The fraction of sp³-hybridized carbons (Fsp3) is 0.429. The second-order valence-electron chi connectivity index (χ2n) is 4.72. The van der Waals surface area contributed by atoms with Crippen molar-refractivity contribution >= 4 is 0 Å². The average molecular weight is 262 g/mol. The van der Waals surface area contributed by atoms with Gasteiger partial charge in [-0.3, -0.25) is 0 Å². The fourth-order valence-electron chi connectivity index (χ4n) is 1.97. The molecule has 4 nitrogen and oxygen atoms in total. The minimum atomic E-state index is -0.177. The van der Waals surface area contributed by atoms with Gasteiger partial charge in [-0.2, -0.15) is 0 Å². The summed E-state index contributed by atoms with van der Waals surface area (Å²) >= 11 is 0. The Labute approximate surface area is 112 Å². The van der Waals surface area contributed by atoms with Gasteiger partial charge in [0, 0.05) is 7.05 Å². The van der Waals surface area contributed by atoms with Crippen molar-refractivity contribution in [1.82, 2.24) is 20.1 Å². The number of nitrogens with zero attached hydrogens (tertiary/aromatic N) is 3. The number of rotatable bonds is 5. The molecule has 0 fully saturated rings. The Morgan fingerprint density at radius 2 is 2.05 bits per heavy atom. The van der Waals surface area contributed by atoms with Crippen molar-refractivity contribution in [3.05, 3.63) is 46.8 Å². The first-order valence-electron chi connectivity index (χ1n) is 6.38. The van der Waals surface area contributed by atoms with Crippen molar-refractivity contribution < 1.29 is 4.39 Å². The fourth-order valence-corrected chi connectivity index (χ4v) is 1.97. The van der Waals surface area contributed by atoms with Crippen molar-refractivity contribution in [2.45, 2.75) is 26.8 Å². The van der Waals surface area contributed by atoms with Crippen LogP contribution in [0.1, 0.15) is 22.8 Å². The van der Waals surface area contributed by atoms with Crippen LogP contribution >= 0.6 is 0 Å². The van der Waals surface area contributed by atoms with Crippen molar-refractivity contribution in [3.8, 4) is 0 Å². The third-order valence-corrected chi connectivity index (χ3v) is 3.34. The summed E-state index contributed by atoms with van der Waals surface area (Å²) in [5.41, 5.74) is 2.17. The summed E-state index contributed by atoms with van der Waals surface area (Å²) in [7, 11) is 1.95. The van der Waals surface area contributed by atoms with Crippen molar-refractivity contribution in [2.75, 3.05) is 6.54 Å². The van der Waals surface area contributed by atoms with Gasteiger partial charge in [0.2, 0.25) is 0 Å². The first-order chi connectivity index (χ1) is 9.08. The molecule has 0 aliphatic heterocycles. The van der Waals surface area contributed by atoms with Crippen LogP contribution < -0.4 is 5.32 Å². The Morgan fingerprint density at radius 1 is 1.26 bits per heavy atom. The highest BCUT2D eigenvalue weighted by Gasteiger charge is 2.04. The van der Waals surface area contributed by atoms with Crippen LogP contribution in [0.15, 0.2) is 18.2 Å². The summed E-state index contributed by atoms with van der Waals surface area (Å²) in [6, 6.07) is 4.93. The molecule has 0 radical (unpaired) electrons. The predicted molar refractivity (Wildman–Crippen MR) is 72.3 cm³/mol. The van der Waals surface area contributed by atoms with Crippen LogP contribution in [-0.4, -0.2) is 21.3 Å². The standard InChI is InChI=1S/C14H19FN4/c1-10-8-13(15)5-4-12(10)6-7-16-9-14-18-17-11(2)19(14)3/h4-5,8,16H,6-7,9H2,1-3H3. The van der Waals surface area contributed by atoms with Crippen LogP contribution in [0.5, 0.6) is 0 Å². The van der Waals surface area contributed by atoms with Crippen molar-refractivity contribution in [3.63, 3.8) is 0 Å². The third kappa shape index (κ3) is 3.38. The largest absolute Gasteiger partial charge is 0.317 e. The lowest BCUT2D eigenvalue weighted by Gasteiger charge is -2.07. The minimum Gasteiger partial charge on any atom is -0.317 e. The lowest BCUT2D eigenvalue weighted by Crippen LogP contribution is -2.19. The van der Waals surface area contributed by atoms with E-state index in [9.17, 15) is 4.39 Å². The zero-order valence-electron chi connectivity index (χ0n) is 11.6. The molecule has 1 aromatic heterocycles. The predicted octanol–water partition coefficient (Wildman–Crippen LogP) is 1.90. The Hall–Kier alpha value is -1.75. The van der Waals surface area contributed by atoms with E-state index in [-0.39, 0.29) is 5.82 Å². The molecular weight excluding hydrogens is 243 g/mol. The number of hydrogen-bond acceptors (Lipinski definition) is 3. The Bertz CT molecular complexity index is 563. The number of aryl methyl sites for hydroxylation is 2. The van der Waals surface area contributed by atoms with Gasteiger partial charge in [0.25, 0.3) is 0 Å². The molecule has 19 heavy (non-hydrogen) atoms. The second-order valence-corrected chi connectivity index (χ2v) is 4.72. The summed E-state index contributed by atoms with van der Waals surface area (Å²) in [6.07, 6.45) is 0.878. The molecule has 102 valence electrons. The summed E-state index contributed by atoms with van der Waals surface area (Å²) in [5.74, 6) is 1.66. The molecule has 0 spiro atoms. The maximum Gasteiger partial charge on any atom is 0.146 e. The van der Waals surface area contributed by atoms with Crippen molar-refractivity contribution in [1.29, 1.82) is 0 Å². The normalized spacial score (nSPS) is 10.9. The van der Waals surface area contributed by atoms with Gasteiger partial charge in [0.1, 0.15) is 17.5 Å². The van der Waals surface area contributed by atoms with Gasteiger partial charge < -0.3 is 9.88 Å². The third-order valence-electron chi connectivity index (χ3n) is 3.34. The van der Waals surface area contributed by atoms with Gasteiger partial charge in [-0.25, -0.2) is 4.39 Å². The van der Waals surface area contributed by atoms with Crippen molar-refractivity contribution in [2.24, 2.45) is 7.05 Å². The first-order valence-corrected chi connectivity index (χ1v) is 6.38. The summed E-state index contributed by atoms with van der Waals surface area (Å²) < 4.78 is 14.9. The molecule has 5 heteroatoms. The molecule has 2 rings (SSSR count). The number of hydrogen-bond donors (Lipinski definition) is 1. The van der Waals surface area contributed by atoms with Crippen LogP contribution in [0.2, 0.25) is 0 Å². The van der Waals surface area contributed by atoms with Gasteiger partial charge in [0.15, 0.2) is 0 Å². The molecule has 0 bridgehead atoms. The summed E-state index contributed by atoms with van der Waals surface area (Å²) in [5, 5.41) is 11.4. The van der Waals surface area contributed by atoms with Crippen LogP contribution in [0, 0.1) is 19.7 Å². The highest BCUT2D eigenvalue weighted by Crippen LogP contribution is 2.10. The van der Waals surface area contributed by atoms with Crippen LogP contribution in [0.4, 0.5) is 4.39 Å². The maximum absolute atomic E-state index is 13.0. The number of nitrogens with one attached hydrogen (secondary N) is 1. The zero-order valence-corrected chi connectivity index (χ0v) is 11.6. The van der Waals surface area contributed by atoms with E-state index in [2.05, 4.69) is 15.5 Å². The molecule has 0 aliphatic rings. The molecule has 1 N–H and O–H groups in total. The molecule has 2 aromatic rings. The molecule has 0 amide bonds. The van der Waals surface area contributed by atoms with Crippen LogP contribution in [-0.2, 0) is 20.0 Å². The van der Waals surface area contributed by atoms with Crippen LogP contribution in [0.25, 0.3) is 0 Å². The molecular formula is C14H19FN4. The van der Waals surface area contributed by atoms with Crippen LogP contribution in [0.3, 0.4) is 0 Å². The average Bonchev–Trinajstić information content (AvgIpc) is 2.68. The summed E-state index contributed by atoms with van der Waals surface area (Å²) in [6.45, 7) is 5.39. The topological polar surface area (TPSA) is 42.7 Å². The van der Waals surface area contributed by atoms with E-state index in [1.54, 1.807) is 6.07 Å². The second kappa shape index (κ2) is 5.93. The lowest BCUT2D eigenvalue weighted by molar-refractivity contribution is 0.620. The Kier molecular flexibility index (Phi) is 4.27. The van der Waals surface area contributed by atoms with E-state index in [1.165, 1.54) is 11.6 Å². The smallest absolute Gasteiger partial charge is 0.146 e. The highest BCUT2D eigenvalue weighted by molar-refractivity contribution is 5.26. The highest BCUT2D eigenvalue weighted by atomic mass is 19.1. The lowest BCUT2D eigenvalue weighted by atomic mass is 10.1.